The third kappa shape index (κ3) is 7.38. The summed E-state index contributed by atoms with van der Waals surface area (Å²) in [5, 5.41) is 9.38. The molecule has 2 aromatic carbocycles. The Labute approximate surface area is 183 Å². The van der Waals surface area contributed by atoms with Crippen LogP contribution in [0.15, 0.2) is 47.6 Å². The number of ether oxygens (including phenoxy) is 1. The first kappa shape index (κ1) is 23.2. The number of carbonyl (C=O) groups excluding carboxylic acids is 3. The number of nitrogens with zero attached hydrogens (tertiary/aromatic N) is 1. The maximum absolute atomic E-state index is 12.1. The van der Waals surface area contributed by atoms with Crippen molar-refractivity contribution in [1.82, 2.24) is 10.7 Å². The highest BCUT2D eigenvalue weighted by Gasteiger charge is 2.13. The molecular weight excluding hydrogens is 431 g/mol. The van der Waals surface area contributed by atoms with Crippen molar-refractivity contribution < 1.29 is 19.1 Å². The van der Waals surface area contributed by atoms with Gasteiger partial charge in [-0.25, -0.2) is 5.43 Å². The molecule has 3 N–H and O–H groups in total. The maximum Gasteiger partial charge on any atom is 0.329 e. The van der Waals surface area contributed by atoms with Crippen LogP contribution < -0.4 is 20.8 Å². The molecule has 0 aliphatic heterocycles. The van der Waals surface area contributed by atoms with Gasteiger partial charge in [-0.15, -0.1) is 0 Å². The average Bonchev–Trinajstić information content (AvgIpc) is 2.69. The number of hydrogen-bond donors (Lipinski definition) is 3. The number of carbonyl (C=O) groups is 3. The van der Waals surface area contributed by atoms with E-state index in [9.17, 15) is 14.4 Å². The zero-order valence-corrected chi connectivity index (χ0v) is 17.8. The maximum atomic E-state index is 12.1. The Balaban J connectivity index is 1.88. The molecule has 0 aliphatic rings. The number of halogens is 2. The molecule has 0 saturated carbocycles. The molecule has 10 heteroatoms. The number of hydrogen-bond acceptors (Lipinski definition) is 5. The predicted molar refractivity (Wildman–Crippen MR) is 116 cm³/mol. The van der Waals surface area contributed by atoms with Crippen molar-refractivity contribution in [1.29, 1.82) is 0 Å². The molecule has 0 saturated heterocycles. The Morgan fingerprint density at radius 2 is 1.83 bits per heavy atom. The van der Waals surface area contributed by atoms with Crippen molar-refractivity contribution in [2.24, 2.45) is 5.10 Å². The number of rotatable bonds is 7. The van der Waals surface area contributed by atoms with Crippen molar-refractivity contribution in [2.75, 3.05) is 11.9 Å². The van der Waals surface area contributed by atoms with Crippen molar-refractivity contribution in [3.8, 4) is 5.75 Å². The second-order valence-corrected chi connectivity index (χ2v) is 7.12. The first-order valence-corrected chi connectivity index (χ1v) is 9.62. The van der Waals surface area contributed by atoms with Crippen molar-refractivity contribution in [3.63, 3.8) is 0 Å². The normalized spacial score (nSPS) is 10.7. The monoisotopic (exact) mass is 450 g/mol. The third-order valence-corrected chi connectivity index (χ3v) is 4.28. The highest BCUT2D eigenvalue weighted by molar-refractivity contribution is 6.44. The lowest BCUT2D eigenvalue weighted by molar-refractivity contribution is -0.139. The fourth-order valence-corrected chi connectivity index (χ4v) is 2.51. The van der Waals surface area contributed by atoms with E-state index >= 15 is 0 Å². The highest BCUT2D eigenvalue weighted by Crippen LogP contribution is 2.29. The Kier molecular flexibility index (Phi) is 8.64. The van der Waals surface area contributed by atoms with Gasteiger partial charge in [-0.1, -0.05) is 41.4 Å². The standard InChI is InChI=1S/C20H20Cl2N4O4/c1-12(2)24-19(28)20(29)26-23-10-13-5-3-6-14(9-13)30-11-17(27)25-16-8-4-7-15(21)18(16)22/h3-10,12H,11H2,1-2H3,(H,24,28)(H,25,27)(H,26,29)/b23-10-. The van der Waals surface area contributed by atoms with E-state index in [-0.39, 0.29) is 17.7 Å². The van der Waals surface area contributed by atoms with Crippen LogP contribution in [-0.4, -0.2) is 36.6 Å². The van der Waals surface area contributed by atoms with Crippen LogP contribution in [-0.2, 0) is 14.4 Å². The van der Waals surface area contributed by atoms with Crippen molar-refractivity contribution in [3.05, 3.63) is 58.1 Å². The summed E-state index contributed by atoms with van der Waals surface area (Å²) in [5.74, 6) is -1.65. The molecule has 8 nitrogen and oxygen atoms in total. The summed E-state index contributed by atoms with van der Waals surface area (Å²) < 4.78 is 5.46. The first-order valence-electron chi connectivity index (χ1n) is 8.87. The minimum Gasteiger partial charge on any atom is -0.484 e. The van der Waals surface area contributed by atoms with Crippen molar-refractivity contribution in [2.45, 2.75) is 19.9 Å². The number of amides is 3. The van der Waals surface area contributed by atoms with Crippen LogP contribution in [0.5, 0.6) is 5.75 Å². The molecule has 0 aliphatic carbocycles. The van der Waals surface area contributed by atoms with Crippen LogP contribution in [0.1, 0.15) is 19.4 Å². The molecule has 0 radical (unpaired) electrons. The topological polar surface area (TPSA) is 109 Å². The summed E-state index contributed by atoms with van der Waals surface area (Å²) in [6.45, 7) is 3.23. The van der Waals surface area contributed by atoms with Gasteiger partial charge in [-0.3, -0.25) is 14.4 Å². The van der Waals surface area contributed by atoms with Crippen molar-refractivity contribution >= 4 is 52.8 Å². The Morgan fingerprint density at radius 3 is 2.57 bits per heavy atom. The molecule has 0 unspecified atom stereocenters. The summed E-state index contributed by atoms with van der Waals surface area (Å²) in [4.78, 5) is 35.2. The highest BCUT2D eigenvalue weighted by atomic mass is 35.5. The van der Waals surface area contributed by atoms with Crippen LogP contribution in [0, 0.1) is 0 Å². The molecule has 158 valence electrons. The zero-order chi connectivity index (χ0) is 22.1. The fourth-order valence-electron chi connectivity index (χ4n) is 2.16. The molecule has 0 aromatic heterocycles. The van der Waals surface area contributed by atoms with Crippen LogP contribution >= 0.6 is 23.2 Å². The number of nitrogens with one attached hydrogen (secondary N) is 3. The summed E-state index contributed by atoms with van der Waals surface area (Å²) in [7, 11) is 0. The Bertz CT molecular complexity index is 964. The zero-order valence-electron chi connectivity index (χ0n) is 16.2. The van der Waals surface area contributed by atoms with Gasteiger partial charge < -0.3 is 15.4 Å². The van der Waals surface area contributed by atoms with Gasteiger partial charge in [0.2, 0.25) is 0 Å². The minimum absolute atomic E-state index is 0.159. The summed E-state index contributed by atoms with van der Waals surface area (Å²) in [6.07, 6.45) is 1.35. The average molecular weight is 451 g/mol. The SMILES string of the molecule is CC(C)NC(=O)C(=O)N/N=C\c1cccc(OCC(=O)Nc2cccc(Cl)c2Cl)c1. The molecule has 0 bridgehead atoms. The van der Waals surface area contributed by atoms with Gasteiger partial charge in [-0.05, 0) is 43.7 Å². The smallest absolute Gasteiger partial charge is 0.329 e. The second-order valence-electron chi connectivity index (χ2n) is 6.34. The Hall–Kier alpha value is -3.10. The minimum atomic E-state index is -0.872. The van der Waals surface area contributed by atoms with Gasteiger partial charge in [0.25, 0.3) is 5.91 Å². The van der Waals surface area contributed by atoms with E-state index < -0.39 is 17.7 Å². The molecular formula is C20H20Cl2N4O4. The second kappa shape index (κ2) is 11.2. The molecule has 0 fully saturated rings. The van der Waals surface area contributed by atoms with Gasteiger partial charge in [0.15, 0.2) is 6.61 Å². The molecule has 0 heterocycles. The van der Waals surface area contributed by atoms with Gasteiger partial charge in [0.1, 0.15) is 5.75 Å². The van der Waals surface area contributed by atoms with E-state index in [1.54, 1.807) is 56.3 Å². The van der Waals surface area contributed by atoms with E-state index in [4.69, 9.17) is 27.9 Å². The predicted octanol–water partition coefficient (Wildman–Crippen LogP) is 2.99. The van der Waals surface area contributed by atoms with E-state index in [1.807, 2.05) is 0 Å². The molecule has 2 aromatic rings. The number of hydrazone groups is 1. The van der Waals surface area contributed by atoms with E-state index in [0.29, 0.717) is 22.0 Å². The van der Waals surface area contributed by atoms with Crippen LogP contribution in [0.25, 0.3) is 0 Å². The van der Waals surface area contributed by atoms with Crippen LogP contribution in [0.3, 0.4) is 0 Å². The van der Waals surface area contributed by atoms with Gasteiger partial charge >= 0.3 is 11.8 Å². The van der Waals surface area contributed by atoms with E-state index in [2.05, 4.69) is 21.2 Å². The van der Waals surface area contributed by atoms with Gasteiger partial charge in [0.05, 0.1) is 21.9 Å². The third-order valence-electron chi connectivity index (χ3n) is 3.46. The van der Waals surface area contributed by atoms with E-state index in [1.165, 1.54) is 6.21 Å². The lowest BCUT2D eigenvalue weighted by atomic mass is 10.2. The largest absolute Gasteiger partial charge is 0.484 e. The molecule has 0 spiro atoms. The first-order chi connectivity index (χ1) is 14.3. The Morgan fingerprint density at radius 1 is 1.10 bits per heavy atom. The molecule has 2 rings (SSSR count). The van der Waals surface area contributed by atoms with Crippen LogP contribution in [0.4, 0.5) is 5.69 Å². The number of benzene rings is 2. The summed E-state index contributed by atoms with van der Waals surface area (Å²) in [6, 6.07) is 11.4. The molecule has 0 atom stereocenters. The van der Waals surface area contributed by atoms with Crippen LogP contribution in [0.2, 0.25) is 10.0 Å². The van der Waals surface area contributed by atoms with E-state index in [0.717, 1.165) is 0 Å². The lowest BCUT2D eigenvalue weighted by Crippen LogP contribution is -2.41. The summed E-state index contributed by atoms with van der Waals surface area (Å²) >= 11 is 11.9. The quantitative estimate of drug-likeness (QED) is 0.342. The lowest BCUT2D eigenvalue weighted by Gasteiger charge is -2.10. The fraction of sp³-hybridized carbons (Fsp3) is 0.200. The molecule has 3 amide bonds. The number of anilines is 1. The molecule has 30 heavy (non-hydrogen) atoms. The summed E-state index contributed by atoms with van der Waals surface area (Å²) in [5.41, 5.74) is 3.11. The van der Waals surface area contributed by atoms with Gasteiger partial charge in [-0.2, -0.15) is 5.10 Å². The van der Waals surface area contributed by atoms with Gasteiger partial charge in [0, 0.05) is 6.04 Å².